The quantitative estimate of drug-likeness (QED) is 0.486. The van der Waals surface area contributed by atoms with E-state index in [-0.39, 0.29) is 5.91 Å². The first-order valence-corrected chi connectivity index (χ1v) is 10.0. The highest BCUT2D eigenvalue weighted by atomic mass is 16.1. The predicted molar refractivity (Wildman–Crippen MR) is 125 cm³/mol. The number of amides is 1. The second-order valence-corrected chi connectivity index (χ2v) is 7.24. The Hall–Kier alpha value is -4.00. The van der Waals surface area contributed by atoms with Gasteiger partial charge < -0.3 is 15.6 Å². The lowest BCUT2D eigenvalue weighted by atomic mass is 9.98. The molecule has 0 unspecified atom stereocenters. The number of anilines is 1. The fraction of sp³-hybridized carbons (Fsp3) is 0.167. The molecule has 0 atom stereocenters. The highest BCUT2D eigenvalue weighted by Crippen LogP contribution is 2.41. The van der Waals surface area contributed by atoms with Crippen LogP contribution in [-0.2, 0) is 11.3 Å². The average molecular weight is 412 g/mol. The Labute approximate surface area is 180 Å². The number of fused-ring (bicyclic) bond motifs is 4. The maximum absolute atomic E-state index is 9.95. The lowest BCUT2D eigenvalue weighted by Crippen LogP contribution is -2.13. The number of aromatic nitrogens is 4. The third kappa shape index (κ3) is 3.66. The highest BCUT2D eigenvalue weighted by Gasteiger charge is 2.24. The molecule has 0 saturated carbocycles. The lowest BCUT2D eigenvalue weighted by Gasteiger charge is -2.16. The van der Waals surface area contributed by atoms with E-state index in [1.54, 1.807) is 13.4 Å². The molecule has 3 aromatic heterocycles. The molecule has 0 aliphatic carbocycles. The fourth-order valence-corrected chi connectivity index (χ4v) is 3.92. The molecule has 1 amide bonds. The molecule has 0 fully saturated rings. The van der Waals surface area contributed by atoms with Gasteiger partial charge in [-0.15, -0.1) is 0 Å². The molecule has 1 aromatic carbocycles. The lowest BCUT2D eigenvalue weighted by molar-refractivity contribution is -0.116. The minimum atomic E-state index is -0.144. The Morgan fingerprint density at radius 1 is 1.26 bits per heavy atom. The summed E-state index contributed by atoms with van der Waals surface area (Å²) in [7, 11) is 1.56. The smallest absolute Gasteiger partial charge is 0.243 e. The summed E-state index contributed by atoms with van der Waals surface area (Å²) in [4.78, 5) is 23.3. The van der Waals surface area contributed by atoms with Crippen LogP contribution in [0.25, 0.3) is 38.6 Å². The van der Waals surface area contributed by atoms with Crippen LogP contribution >= 0.6 is 0 Å². The predicted octanol–water partition coefficient (Wildman–Crippen LogP) is 3.95. The molecule has 3 N–H and O–H groups in total. The minimum absolute atomic E-state index is 0.144. The molecule has 0 bridgehead atoms. The number of para-hydroxylation sites is 1. The summed E-state index contributed by atoms with van der Waals surface area (Å²) in [5.41, 5.74) is 12.7. The molecular weight excluding hydrogens is 388 g/mol. The molecule has 1 aliphatic rings. The van der Waals surface area contributed by atoms with Gasteiger partial charge in [0.2, 0.25) is 5.91 Å². The summed E-state index contributed by atoms with van der Waals surface area (Å²) in [5.74, 6) is 0.373. The SMILES string of the molecule is C=CC(=O)NC.CC1=CCCn2c1c(-c1cnc3ccccc3c1)c1c(N)ncnc12. The van der Waals surface area contributed by atoms with Crippen LogP contribution in [0.2, 0.25) is 0 Å². The van der Waals surface area contributed by atoms with Crippen LogP contribution < -0.4 is 11.1 Å². The van der Waals surface area contributed by atoms with E-state index in [0.29, 0.717) is 5.82 Å². The van der Waals surface area contributed by atoms with Crippen LogP contribution in [-0.4, -0.2) is 32.5 Å². The first kappa shape index (κ1) is 20.3. The Bertz CT molecular complexity index is 1330. The van der Waals surface area contributed by atoms with Crippen molar-refractivity contribution in [3.63, 3.8) is 0 Å². The van der Waals surface area contributed by atoms with Gasteiger partial charge in [0.1, 0.15) is 17.8 Å². The van der Waals surface area contributed by atoms with Gasteiger partial charge in [0.25, 0.3) is 0 Å². The van der Waals surface area contributed by atoms with Gasteiger partial charge in [0, 0.05) is 36.3 Å². The van der Waals surface area contributed by atoms with Gasteiger partial charge in [-0.25, -0.2) is 9.97 Å². The van der Waals surface area contributed by atoms with E-state index >= 15 is 0 Å². The molecule has 7 heteroatoms. The molecular formula is C24H24N6O. The van der Waals surface area contributed by atoms with Gasteiger partial charge in [-0.2, -0.15) is 0 Å². The molecule has 156 valence electrons. The minimum Gasteiger partial charge on any atom is -0.383 e. The van der Waals surface area contributed by atoms with E-state index in [2.05, 4.69) is 56.5 Å². The van der Waals surface area contributed by atoms with Crippen LogP contribution in [0.4, 0.5) is 5.82 Å². The zero-order valence-corrected chi connectivity index (χ0v) is 17.6. The standard InChI is InChI=1S/C20H17N5.C4H7NO/c1-12-5-4-8-25-18(12)16(17-19(21)23-11-24-20(17)25)14-9-13-6-2-3-7-15(13)22-10-14;1-3-4(6)5-2/h2-3,5-7,9-11H,4,8H2,1H3,(H2,21,23,24);3H,1H2,2H3,(H,5,6). The van der Waals surface area contributed by atoms with Gasteiger partial charge in [-0.1, -0.05) is 30.9 Å². The number of carbonyl (C=O) groups is 1. The van der Waals surface area contributed by atoms with Gasteiger partial charge in [0.15, 0.2) is 0 Å². The molecule has 0 spiro atoms. The first-order chi connectivity index (χ1) is 15.0. The van der Waals surface area contributed by atoms with Crippen molar-refractivity contribution >= 4 is 39.2 Å². The van der Waals surface area contributed by atoms with Crippen molar-refractivity contribution in [2.24, 2.45) is 0 Å². The number of nitrogens with two attached hydrogens (primary N) is 1. The molecule has 5 rings (SSSR count). The number of carbonyl (C=O) groups excluding carboxylic acids is 1. The summed E-state index contributed by atoms with van der Waals surface area (Å²) in [6.45, 7) is 6.27. The Balaban J connectivity index is 0.000000342. The number of hydrogen-bond acceptors (Lipinski definition) is 5. The monoisotopic (exact) mass is 412 g/mol. The van der Waals surface area contributed by atoms with Crippen LogP contribution in [0.5, 0.6) is 0 Å². The number of likely N-dealkylation sites (N-methyl/N-ethyl adjacent to an activating group) is 1. The summed E-state index contributed by atoms with van der Waals surface area (Å²) in [6.07, 6.45) is 7.96. The van der Waals surface area contributed by atoms with Crippen LogP contribution in [0.15, 0.2) is 61.6 Å². The normalized spacial score (nSPS) is 12.5. The van der Waals surface area contributed by atoms with Crippen molar-refractivity contribution < 1.29 is 4.79 Å². The van der Waals surface area contributed by atoms with E-state index < -0.39 is 0 Å². The van der Waals surface area contributed by atoms with Crippen molar-refractivity contribution in [1.82, 2.24) is 24.8 Å². The first-order valence-electron chi connectivity index (χ1n) is 10.0. The third-order valence-corrected chi connectivity index (χ3v) is 5.36. The summed E-state index contributed by atoms with van der Waals surface area (Å²) >= 11 is 0. The van der Waals surface area contributed by atoms with Gasteiger partial charge in [-0.05, 0) is 37.1 Å². The topological polar surface area (TPSA) is 98.7 Å². The van der Waals surface area contributed by atoms with Crippen molar-refractivity contribution in [3.8, 4) is 11.1 Å². The van der Waals surface area contributed by atoms with Crippen molar-refractivity contribution in [2.75, 3.05) is 12.8 Å². The van der Waals surface area contributed by atoms with E-state index in [1.807, 2.05) is 24.4 Å². The number of allylic oxidation sites excluding steroid dienone is 2. The zero-order valence-electron chi connectivity index (χ0n) is 17.6. The second kappa shape index (κ2) is 8.39. The molecule has 7 nitrogen and oxygen atoms in total. The Morgan fingerprint density at radius 3 is 2.81 bits per heavy atom. The number of rotatable bonds is 2. The number of aryl methyl sites for hydroxylation is 1. The molecule has 0 saturated heterocycles. The average Bonchev–Trinajstić information content (AvgIpc) is 3.16. The maximum atomic E-state index is 9.95. The molecule has 0 radical (unpaired) electrons. The van der Waals surface area contributed by atoms with E-state index in [9.17, 15) is 4.79 Å². The Kier molecular flexibility index (Phi) is 5.49. The van der Waals surface area contributed by atoms with Gasteiger partial charge >= 0.3 is 0 Å². The number of nitrogen functional groups attached to an aromatic ring is 1. The highest BCUT2D eigenvalue weighted by molar-refractivity contribution is 6.06. The van der Waals surface area contributed by atoms with E-state index in [0.717, 1.165) is 46.0 Å². The number of benzene rings is 1. The van der Waals surface area contributed by atoms with Crippen molar-refractivity contribution in [1.29, 1.82) is 0 Å². The van der Waals surface area contributed by atoms with Crippen molar-refractivity contribution in [2.45, 2.75) is 19.9 Å². The molecule has 4 aromatic rings. The molecule has 4 heterocycles. The van der Waals surface area contributed by atoms with Crippen molar-refractivity contribution in [3.05, 3.63) is 67.3 Å². The Morgan fingerprint density at radius 2 is 2.06 bits per heavy atom. The number of hydrogen-bond donors (Lipinski definition) is 2. The van der Waals surface area contributed by atoms with Crippen LogP contribution in [0.1, 0.15) is 19.0 Å². The summed E-state index contributed by atoms with van der Waals surface area (Å²) in [5, 5.41) is 4.39. The molecule has 1 aliphatic heterocycles. The largest absolute Gasteiger partial charge is 0.383 e. The maximum Gasteiger partial charge on any atom is 0.243 e. The second-order valence-electron chi connectivity index (χ2n) is 7.24. The van der Waals surface area contributed by atoms with E-state index in [1.165, 1.54) is 17.3 Å². The summed E-state index contributed by atoms with van der Waals surface area (Å²) in [6, 6.07) is 10.3. The molecule has 31 heavy (non-hydrogen) atoms. The van der Waals surface area contributed by atoms with Gasteiger partial charge in [0.05, 0.1) is 16.6 Å². The summed E-state index contributed by atoms with van der Waals surface area (Å²) < 4.78 is 2.26. The number of nitrogens with zero attached hydrogens (tertiary/aromatic N) is 4. The number of nitrogens with one attached hydrogen (secondary N) is 1. The van der Waals surface area contributed by atoms with E-state index in [4.69, 9.17) is 5.73 Å². The van der Waals surface area contributed by atoms with Crippen LogP contribution in [0, 0.1) is 0 Å². The van der Waals surface area contributed by atoms with Gasteiger partial charge in [-0.3, -0.25) is 9.78 Å². The van der Waals surface area contributed by atoms with Crippen LogP contribution in [0.3, 0.4) is 0 Å². The fourth-order valence-electron chi connectivity index (χ4n) is 3.92. The number of pyridine rings is 1. The zero-order chi connectivity index (χ0) is 22.0. The third-order valence-electron chi connectivity index (χ3n) is 5.36.